The van der Waals surface area contributed by atoms with Crippen LogP contribution in [0.15, 0.2) is 24.3 Å². The summed E-state index contributed by atoms with van der Waals surface area (Å²) < 4.78 is 0.982. The van der Waals surface area contributed by atoms with Gasteiger partial charge < -0.3 is 5.32 Å². The van der Waals surface area contributed by atoms with Crippen molar-refractivity contribution in [2.75, 3.05) is 11.9 Å². The number of aryl methyl sites for hydroxylation is 1. The number of non-ortho nitro benzene ring substituents is 1. The van der Waals surface area contributed by atoms with Gasteiger partial charge in [-0.15, -0.1) is 0 Å². The van der Waals surface area contributed by atoms with Crippen molar-refractivity contribution < 1.29 is 4.92 Å². The second kappa shape index (κ2) is 6.12. The summed E-state index contributed by atoms with van der Waals surface area (Å²) in [6, 6.07) is 6.24. The van der Waals surface area contributed by atoms with Gasteiger partial charge in [-0.2, -0.15) is 0 Å². The van der Waals surface area contributed by atoms with Crippen molar-refractivity contribution in [2.45, 2.75) is 13.8 Å². The predicted octanol–water partition coefficient (Wildman–Crippen LogP) is 3.40. The summed E-state index contributed by atoms with van der Waals surface area (Å²) in [6.07, 6.45) is 0. The van der Waals surface area contributed by atoms with Gasteiger partial charge in [-0.3, -0.25) is 10.1 Å². The molecule has 6 nitrogen and oxygen atoms in total. The molecule has 104 valence electrons. The molecule has 1 N–H and O–H groups in total. The third kappa shape index (κ3) is 3.03. The lowest BCUT2D eigenvalue weighted by atomic mass is 10.2. The molecule has 0 aliphatic heterocycles. The lowest BCUT2D eigenvalue weighted by Gasteiger charge is -2.10. The minimum absolute atomic E-state index is 0.0582. The molecular formula is C13H13IN4O2. The van der Waals surface area contributed by atoms with Crippen LogP contribution in [-0.2, 0) is 0 Å². The molecule has 1 heterocycles. The van der Waals surface area contributed by atoms with Crippen LogP contribution in [0.1, 0.15) is 12.6 Å². The molecular weight excluding hydrogens is 371 g/mol. The van der Waals surface area contributed by atoms with E-state index in [0.717, 1.165) is 27.2 Å². The minimum Gasteiger partial charge on any atom is -0.369 e. The third-order valence-corrected chi connectivity index (χ3v) is 3.99. The zero-order chi connectivity index (χ0) is 14.7. The number of aromatic nitrogens is 2. The van der Waals surface area contributed by atoms with Crippen molar-refractivity contribution in [3.8, 4) is 11.4 Å². The fourth-order valence-electron chi connectivity index (χ4n) is 1.71. The van der Waals surface area contributed by atoms with Crippen LogP contribution in [-0.4, -0.2) is 21.4 Å². The maximum absolute atomic E-state index is 10.7. The molecule has 0 radical (unpaired) electrons. The van der Waals surface area contributed by atoms with Crippen molar-refractivity contribution in [1.29, 1.82) is 0 Å². The molecule has 0 spiro atoms. The van der Waals surface area contributed by atoms with E-state index >= 15 is 0 Å². The first kappa shape index (κ1) is 14.6. The largest absolute Gasteiger partial charge is 0.369 e. The summed E-state index contributed by atoms with van der Waals surface area (Å²) in [6.45, 7) is 4.68. The van der Waals surface area contributed by atoms with E-state index in [9.17, 15) is 10.1 Å². The summed E-state index contributed by atoms with van der Waals surface area (Å²) >= 11 is 2.20. The molecule has 0 fully saturated rings. The summed E-state index contributed by atoms with van der Waals surface area (Å²) in [7, 11) is 0. The Morgan fingerprint density at radius 3 is 2.50 bits per heavy atom. The van der Waals surface area contributed by atoms with Gasteiger partial charge in [0.15, 0.2) is 5.82 Å². The summed E-state index contributed by atoms with van der Waals surface area (Å²) in [5.74, 6) is 1.35. The van der Waals surface area contributed by atoms with E-state index in [1.54, 1.807) is 12.1 Å². The van der Waals surface area contributed by atoms with Crippen LogP contribution in [0.5, 0.6) is 0 Å². The lowest BCUT2D eigenvalue weighted by molar-refractivity contribution is -0.384. The molecule has 0 atom stereocenters. The number of hydrogen-bond acceptors (Lipinski definition) is 5. The number of rotatable bonds is 4. The Bertz CT molecular complexity index is 644. The van der Waals surface area contributed by atoms with Crippen LogP contribution in [0.3, 0.4) is 0 Å². The fourth-order valence-corrected chi connectivity index (χ4v) is 2.14. The minimum atomic E-state index is -0.423. The molecule has 7 heteroatoms. The van der Waals surface area contributed by atoms with Crippen LogP contribution >= 0.6 is 22.6 Å². The molecule has 20 heavy (non-hydrogen) atoms. The van der Waals surface area contributed by atoms with Gasteiger partial charge in [0.2, 0.25) is 0 Å². The molecule has 0 aliphatic carbocycles. The lowest BCUT2D eigenvalue weighted by Crippen LogP contribution is -2.06. The van der Waals surface area contributed by atoms with Gasteiger partial charge in [0.1, 0.15) is 5.82 Å². The average Bonchev–Trinajstić information content (AvgIpc) is 2.44. The van der Waals surface area contributed by atoms with Crippen LogP contribution in [0, 0.1) is 20.6 Å². The highest BCUT2D eigenvalue weighted by atomic mass is 127. The van der Waals surface area contributed by atoms with Gasteiger partial charge in [-0.25, -0.2) is 9.97 Å². The molecule has 2 aromatic rings. The van der Waals surface area contributed by atoms with Crippen molar-refractivity contribution in [2.24, 2.45) is 0 Å². The Morgan fingerprint density at radius 2 is 1.95 bits per heavy atom. The highest BCUT2D eigenvalue weighted by Gasteiger charge is 2.11. The van der Waals surface area contributed by atoms with Crippen molar-refractivity contribution >= 4 is 34.1 Å². The van der Waals surface area contributed by atoms with Gasteiger partial charge >= 0.3 is 0 Å². The number of halogens is 1. The first-order valence-corrected chi connectivity index (χ1v) is 7.13. The highest BCUT2D eigenvalue weighted by molar-refractivity contribution is 14.1. The van der Waals surface area contributed by atoms with Crippen molar-refractivity contribution in [1.82, 2.24) is 9.97 Å². The smallest absolute Gasteiger partial charge is 0.269 e. The molecule has 0 amide bonds. The zero-order valence-electron chi connectivity index (χ0n) is 11.1. The van der Waals surface area contributed by atoms with E-state index < -0.39 is 4.92 Å². The molecule has 0 unspecified atom stereocenters. The molecule has 0 aliphatic rings. The third-order valence-electron chi connectivity index (χ3n) is 2.70. The summed E-state index contributed by atoms with van der Waals surface area (Å²) in [5, 5.41) is 13.8. The zero-order valence-corrected chi connectivity index (χ0v) is 13.2. The summed E-state index contributed by atoms with van der Waals surface area (Å²) in [4.78, 5) is 19.1. The van der Waals surface area contributed by atoms with Gasteiger partial charge in [0.25, 0.3) is 5.69 Å². The molecule has 1 aromatic heterocycles. The van der Waals surface area contributed by atoms with E-state index in [4.69, 9.17) is 0 Å². The van der Waals surface area contributed by atoms with Gasteiger partial charge in [0.05, 0.1) is 14.2 Å². The maximum atomic E-state index is 10.7. The fraction of sp³-hybridized carbons (Fsp3) is 0.231. The maximum Gasteiger partial charge on any atom is 0.269 e. The average molecular weight is 384 g/mol. The first-order valence-electron chi connectivity index (χ1n) is 6.05. The molecule has 0 saturated carbocycles. The van der Waals surface area contributed by atoms with Crippen LogP contribution in [0.25, 0.3) is 11.4 Å². The van der Waals surface area contributed by atoms with E-state index in [2.05, 4.69) is 37.9 Å². The quantitative estimate of drug-likeness (QED) is 0.497. The standard InChI is InChI=1S/C13H13IN4O2/c1-3-15-13-11(14)8(2)16-12(17-13)9-4-6-10(7-5-9)18(19)20/h4-7H,3H2,1-2H3,(H,15,16,17). The van der Waals surface area contributed by atoms with Crippen molar-refractivity contribution in [3.63, 3.8) is 0 Å². The topological polar surface area (TPSA) is 81.0 Å². The molecule has 0 bridgehead atoms. The monoisotopic (exact) mass is 384 g/mol. The van der Waals surface area contributed by atoms with Crippen molar-refractivity contribution in [3.05, 3.63) is 43.6 Å². The number of hydrogen-bond donors (Lipinski definition) is 1. The number of benzene rings is 1. The van der Waals surface area contributed by atoms with Crippen LogP contribution in [0.2, 0.25) is 0 Å². The van der Waals surface area contributed by atoms with Crippen LogP contribution < -0.4 is 5.32 Å². The van der Waals surface area contributed by atoms with E-state index in [1.165, 1.54) is 12.1 Å². The second-order valence-corrected chi connectivity index (χ2v) is 5.21. The SMILES string of the molecule is CCNc1nc(-c2ccc([N+](=O)[O-])cc2)nc(C)c1I. The molecule has 2 rings (SSSR count). The normalized spacial score (nSPS) is 10.3. The number of anilines is 1. The Labute approximate surface area is 129 Å². The number of nitrogens with zero attached hydrogens (tertiary/aromatic N) is 3. The number of nitro benzene ring substituents is 1. The highest BCUT2D eigenvalue weighted by Crippen LogP contribution is 2.24. The van der Waals surface area contributed by atoms with Crippen LogP contribution in [0.4, 0.5) is 11.5 Å². The molecule has 0 saturated heterocycles. The molecule has 1 aromatic carbocycles. The Hall–Kier alpha value is -1.77. The van der Waals surface area contributed by atoms with Gasteiger partial charge in [-0.1, -0.05) is 0 Å². The van der Waals surface area contributed by atoms with E-state index in [-0.39, 0.29) is 5.69 Å². The number of nitrogens with one attached hydrogen (secondary N) is 1. The first-order chi connectivity index (χ1) is 9.52. The number of nitro groups is 1. The van der Waals surface area contributed by atoms with Gasteiger partial charge in [-0.05, 0) is 48.6 Å². The predicted molar refractivity (Wildman–Crippen MR) is 85.7 cm³/mol. The Kier molecular flexibility index (Phi) is 4.48. The van der Waals surface area contributed by atoms with Gasteiger partial charge in [0, 0.05) is 24.2 Å². The van der Waals surface area contributed by atoms with E-state index in [0.29, 0.717) is 5.82 Å². The van der Waals surface area contributed by atoms with E-state index in [1.807, 2.05) is 13.8 Å². The Balaban J connectivity index is 2.44. The Morgan fingerprint density at radius 1 is 1.30 bits per heavy atom. The summed E-state index contributed by atoms with van der Waals surface area (Å²) in [5.41, 5.74) is 1.70. The second-order valence-electron chi connectivity index (χ2n) is 4.13.